The number of hydrogen-bond acceptors (Lipinski definition) is 10. The Bertz CT molecular complexity index is 1680. The van der Waals surface area contributed by atoms with Gasteiger partial charge in [0, 0.05) is 16.5 Å². The molecule has 0 radical (unpaired) electrons. The van der Waals surface area contributed by atoms with Gasteiger partial charge in [0.1, 0.15) is 34.3 Å². The van der Waals surface area contributed by atoms with E-state index in [9.17, 15) is 10.1 Å². The van der Waals surface area contributed by atoms with Crippen molar-refractivity contribution in [2.75, 3.05) is 19.8 Å². The number of furan rings is 1. The fraction of sp³-hybridized carbons (Fsp3) is 0.438. The number of aryl methyl sites for hydroxylation is 1. The molecule has 1 N–H and O–H groups in total. The van der Waals surface area contributed by atoms with Gasteiger partial charge in [0.05, 0.1) is 25.4 Å². The molecule has 1 saturated heterocycles. The molecule has 2 aromatic heterocycles. The zero-order chi connectivity index (χ0) is 31.0. The van der Waals surface area contributed by atoms with Crippen LogP contribution in [0.15, 0.2) is 45.3 Å². The van der Waals surface area contributed by atoms with Gasteiger partial charge in [0.25, 0.3) is 5.89 Å². The first kappa shape index (κ1) is 30.1. The van der Waals surface area contributed by atoms with E-state index in [-0.39, 0.29) is 19.1 Å². The van der Waals surface area contributed by atoms with Crippen molar-refractivity contribution in [3.05, 3.63) is 53.3 Å². The number of nitrogens with one attached hydrogen (secondary N) is 1. The maximum atomic E-state index is 12.9. The van der Waals surface area contributed by atoms with Gasteiger partial charge in [-0.1, -0.05) is 12.1 Å². The first-order valence-corrected chi connectivity index (χ1v) is 14.2. The molecule has 0 saturated carbocycles. The van der Waals surface area contributed by atoms with Crippen molar-refractivity contribution in [3.8, 4) is 34.7 Å². The van der Waals surface area contributed by atoms with Crippen LogP contribution in [-0.2, 0) is 19.7 Å². The summed E-state index contributed by atoms with van der Waals surface area (Å²) in [7, 11) is 0. The van der Waals surface area contributed by atoms with Crippen molar-refractivity contribution in [1.29, 1.82) is 5.26 Å². The molecular weight excluding hydrogens is 552 g/mol. The third kappa shape index (κ3) is 6.50. The number of rotatable bonds is 7. The number of carbonyl (C=O) groups excluding carboxylic acids is 1. The summed E-state index contributed by atoms with van der Waals surface area (Å²) in [6, 6.07) is 13.0. The number of amides is 1. The largest absolute Gasteiger partial charge is 0.492 e. The van der Waals surface area contributed by atoms with Crippen LogP contribution in [0.2, 0.25) is 0 Å². The Labute approximate surface area is 250 Å². The van der Waals surface area contributed by atoms with E-state index in [4.69, 9.17) is 27.9 Å². The lowest BCUT2D eigenvalue weighted by Gasteiger charge is -2.42. The second kappa shape index (κ2) is 11.4. The van der Waals surface area contributed by atoms with Gasteiger partial charge in [0.15, 0.2) is 5.79 Å². The van der Waals surface area contributed by atoms with E-state index in [1.54, 1.807) is 39.0 Å². The van der Waals surface area contributed by atoms with E-state index < -0.39 is 23.0 Å². The molecule has 1 aliphatic heterocycles. The minimum absolute atomic E-state index is 0.117. The lowest BCUT2D eigenvalue weighted by atomic mass is 9.96. The summed E-state index contributed by atoms with van der Waals surface area (Å²) in [6.45, 7) is 13.7. The number of ether oxygens (including phenoxy) is 4. The van der Waals surface area contributed by atoms with Gasteiger partial charge in [-0.05, 0) is 89.9 Å². The Morgan fingerprint density at radius 1 is 1.12 bits per heavy atom. The fourth-order valence-corrected chi connectivity index (χ4v) is 4.69. The highest BCUT2D eigenvalue weighted by atomic mass is 16.7. The Morgan fingerprint density at radius 3 is 2.53 bits per heavy atom. The second-order valence-electron chi connectivity index (χ2n) is 12.1. The SMILES string of the molecule is CCCOc1ccc(-c2nc(-c3cc(C)c4oc(C5(NC(=O)OC(C)(C)C)COC(C)(C)OC5)cc4c3)no2)cc1C#N. The third-order valence-electron chi connectivity index (χ3n) is 6.84. The quantitative estimate of drug-likeness (QED) is 0.250. The van der Waals surface area contributed by atoms with Crippen molar-refractivity contribution >= 4 is 17.1 Å². The summed E-state index contributed by atoms with van der Waals surface area (Å²) < 4.78 is 35.0. The molecule has 2 aromatic carbocycles. The third-order valence-corrected chi connectivity index (χ3v) is 6.84. The van der Waals surface area contributed by atoms with Crippen LogP contribution in [0.1, 0.15) is 64.9 Å². The lowest BCUT2D eigenvalue weighted by molar-refractivity contribution is -0.274. The van der Waals surface area contributed by atoms with Crippen molar-refractivity contribution in [3.63, 3.8) is 0 Å². The number of carbonyl (C=O) groups is 1. The molecule has 0 aliphatic carbocycles. The van der Waals surface area contributed by atoms with E-state index in [0.29, 0.717) is 46.2 Å². The standard InChI is InChI=1S/C32H36N4O7/c1-8-11-38-24-10-9-20(13-23(24)16-33)28-34-27(36-43-28)22-12-19(2)26-21(14-22)15-25(41-26)32(17-39-31(6,7)40-18-32)35-29(37)42-30(3,4)5/h9-10,12-15H,8,11,17-18H2,1-7H3,(H,35,37). The highest BCUT2D eigenvalue weighted by Gasteiger charge is 2.46. The highest BCUT2D eigenvalue weighted by molar-refractivity contribution is 5.86. The number of alkyl carbamates (subject to hydrolysis) is 1. The van der Waals surface area contributed by atoms with Crippen molar-refractivity contribution in [2.45, 2.75) is 71.8 Å². The lowest BCUT2D eigenvalue weighted by Crippen LogP contribution is -2.59. The molecule has 0 unspecified atom stereocenters. The molecule has 0 bridgehead atoms. The average Bonchev–Trinajstić information content (AvgIpc) is 3.61. The number of fused-ring (bicyclic) bond motifs is 1. The van der Waals surface area contributed by atoms with Crippen LogP contribution in [-0.4, -0.2) is 47.4 Å². The summed E-state index contributed by atoms with van der Waals surface area (Å²) in [5.74, 6) is 0.814. The molecule has 11 heteroatoms. The first-order valence-electron chi connectivity index (χ1n) is 14.2. The molecule has 43 heavy (non-hydrogen) atoms. The van der Waals surface area contributed by atoms with Gasteiger partial charge < -0.3 is 33.2 Å². The minimum Gasteiger partial charge on any atom is -0.492 e. The van der Waals surface area contributed by atoms with Gasteiger partial charge in [-0.25, -0.2) is 4.79 Å². The Balaban J connectivity index is 1.47. The van der Waals surface area contributed by atoms with E-state index in [0.717, 1.165) is 17.4 Å². The Kier molecular flexibility index (Phi) is 7.94. The van der Waals surface area contributed by atoms with Gasteiger partial charge >= 0.3 is 6.09 Å². The van der Waals surface area contributed by atoms with E-state index in [1.807, 2.05) is 45.9 Å². The number of nitriles is 1. The van der Waals surface area contributed by atoms with E-state index in [1.165, 1.54) is 0 Å². The molecule has 5 rings (SSSR count). The van der Waals surface area contributed by atoms with Crippen LogP contribution in [0.5, 0.6) is 5.75 Å². The number of nitrogens with zero attached hydrogens (tertiary/aromatic N) is 3. The van der Waals surface area contributed by atoms with Gasteiger partial charge in [-0.2, -0.15) is 10.2 Å². The van der Waals surface area contributed by atoms with Crippen LogP contribution < -0.4 is 10.1 Å². The predicted molar refractivity (Wildman–Crippen MR) is 157 cm³/mol. The number of benzene rings is 2. The number of hydrogen-bond donors (Lipinski definition) is 1. The molecule has 226 valence electrons. The number of aromatic nitrogens is 2. The smallest absolute Gasteiger partial charge is 0.408 e. The van der Waals surface area contributed by atoms with Crippen LogP contribution in [0.4, 0.5) is 4.79 Å². The minimum atomic E-state index is -1.12. The summed E-state index contributed by atoms with van der Waals surface area (Å²) in [6.07, 6.45) is 0.226. The summed E-state index contributed by atoms with van der Waals surface area (Å²) in [5, 5.41) is 17.5. The van der Waals surface area contributed by atoms with Gasteiger partial charge in [0.2, 0.25) is 5.82 Å². The normalized spacial score (nSPS) is 16.0. The van der Waals surface area contributed by atoms with Crippen molar-refractivity contribution < 1.29 is 32.7 Å². The average molecular weight is 589 g/mol. The maximum absolute atomic E-state index is 12.9. The summed E-state index contributed by atoms with van der Waals surface area (Å²) in [5.41, 5.74) is 1.37. The Morgan fingerprint density at radius 2 is 1.86 bits per heavy atom. The molecule has 0 spiro atoms. The maximum Gasteiger partial charge on any atom is 0.408 e. The van der Waals surface area contributed by atoms with Crippen LogP contribution in [0.3, 0.4) is 0 Å². The molecule has 4 aromatic rings. The molecule has 11 nitrogen and oxygen atoms in total. The molecule has 1 amide bonds. The molecule has 3 heterocycles. The van der Waals surface area contributed by atoms with Crippen molar-refractivity contribution in [1.82, 2.24) is 15.5 Å². The van der Waals surface area contributed by atoms with Crippen LogP contribution >= 0.6 is 0 Å². The van der Waals surface area contributed by atoms with E-state index in [2.05, 4.69) is 21.5 Å². The molecule has 1 fully saturated rings. The van der Waals surface area contributed by atoms with E-state index >= 15 is 0 Å². The van der Waals surface area contributed by atoms with Gasteiger partial charge in [-0.3, -0.25) is 0 Å². The highest BCUT2D eigenvalue weighted by Crippen LogP contribution is 2.37. The second-order valence-corrected chi connectivity index (χ2v) is 12.1. The molecular formula is C32H36N4O7. The monoisotopic (exact) mass is 588 g/mol. The molecule has 0 atom stereocenters. The van der Waals surface area contributed by atoms with Crippen molar-refractivity contribution in [2.24, 2.45) is 0 Å². The topological polar surface area (TPSA) is 142 Å². The molecule has 1 aliphatic rings. The van der Waals surface area contributed by atoms with Crippen LogP contribution in [0, 0.1) is 18.3 Å². The summed E-state index contributed by atoms with van der Waals surface area (Å²) in [4.78, 5) is 17.5. The zero-order valence-electron chi connectivity index (χ0n) is 25.5. The first-order chi connectivity index (χ1) is 20.3. The zero-order valence-corrected chi connectivity index (χ0v) is 25.5. The summed E-state index contributed by atoms with van der Waals surface area (Å²) >= 11 is 0. The predicted octanol–water partition coefficient (Wildman–Crippen LogP) is 6.62. The Hall–Kier alpha value is -4.40. The van der Waals surface area contributed by atoms with Crippen LogP contribution in [0.25, 0.3) is 33.8 Å². The van der Waals surface area contributed by atoms with Gasteiger partial charge in [-0.15, -0.1) is 0 Å². The fourth-order valence-electron chi connectivity index (χ4n) is 4.69.